The summed E-state index contributed by atoms with van der Waals surface area (Å²) in [6.45, 7) is 3.96. The van der Waals surface area contributed by atoms with Crippen LogP contribution >= 0.6 is 47.8 Å². The molecule has 12 heteroatoms. The summed E-state index contributed by atoms with van der Waals surface area (Å²) in [5.74, 6) is 2.67. The Morgan fingerprint density at radius 3 is 2.78 bits per heavy atom. The zero-order chi connectivity index (χ0) is 24.1. The molecule has 1 fully saturated rings. The van der Waals surface area contributed by atoms with Gasteiger partial charge in [-0.25, -0.2) is 9.78 Å². The first-order valence-corrected chi connectivity index (χ1v) is 13.0. The quantitative estimate of drug-likeness (QED) is 0.261. The van der Waals surface area contributed by atoms with E-state index in [-0.39, 0.29) is 30.4 Å². The maximum absolute atomic E-state index is 13.1. The zero-order valence-electron chi connectivity index (χ0n) is 20.1. The first-order valence-electron chi connectivity index (χ1n) is 11.8. The molecule has 2 aliphatic rings. The molecule has 0 unspecified atom stereocenters. The fraction of sp³-hybridized carbons (Fsp3) is 0.400. The van der Waals surface area contributed by atoms with Gasteiger partial charge < -0.3 is 19.4 Å². The van der Waals surface area contributed by atoms with Crippen molar-refractivity contribution in [2.24, 2.45) is 5.92 Å². The van der Waals surface area contributed by atoms with Crippen molar-refractivity contribution in [1.29, 1.82) is 0 Å². The van der Waals surface area contributed by atoms with Crippen LogP contribution in [0.1, 0.15) is 24.3 Å². The van der Waals surface area contributed by atoms with Crippen LogP contribution in [0, 0.1) is 5.92 Å². The molecule has 5 heterocycles. The molecule has 4 aromatic rings. The van der Waals surface area contributed by atoms with Crippen LogP contribution in [0.2, 0.25) is 5.15 Å². The molecule has 0 saturated carbocycles. The number of methoxy groups -OCH3 is 1. The van der Waals surface area contributed by atoms with Gasteiger partial charge in [0.05, 0.1) is 23.9 Å². The molecule has 0 bridgehead atoms. The topological polar surface area (TPSA) is 89.5 Å². The van der Waals surface area contributed by atoms with Crippen molar-refractivity contribution in [1.82, 2.24) is 19.4 Å². The van der Waals surface area contributed by atoms with E-state index in [0.29, 0.717) is 39.3 Å². The largest absolute Gasteiger partial charge is 0.496 e. The van der Waals surface area contributed by atoms with E-state index in [1.54, 1.807) is 13.2 Å². The van der Waals surface area contributed by atoms with Crippen LogP contribution in [0.15, 0.2) is 39.9 Å². The number of thiophene rings is 1. The maximum atomic E-state index is 13.1. The number of aromatic nitrogens is 3. The summed E-state index contributed by atoms with van der Waals surface area (Å²) in [5.41, 5.74) is 1.54. The van der Waals surface area contributed by atoms with Crippen LogP contribution in [0.5, 0.6) is 11.5 Å². The molecule has 1 N–H and O–H groups in total. The number of hydrogen-bond donors (Lipinski definition) is 1. The highest BCUT2D eigenvalue weighted by Crippen LogP contribution is 2.46. The number of benzene rings is 1. The van der Waals surface area contributed by atoms with E-state index in [0.717, 1.165) is 55.3 Å². The van der Waals surface area contributed by atoms with Gasteiger partial charge in [-0.1, -0.05) is 17.7 Å². The molecule has 0 radical (unpaired) electrons. The summed E-state index contributed by atoms with van der Waals surface area (Å²) in [7, 11) is 1.71. The Balaban J connectivity index is 0.00000160. The number of ether oxygens (including phenoxy) is 2. The number of halogens is 3. The number of hydrogen-bond acceptors (Lipinski definition) is 7. The number of H-pyrrole nitrogens is 1. The van der Waals surface area contributed by atoms with Gasteiger partial charge in [0.15, 0.2) is 0 Å². The van der Waals surface area contributed by atoms with E-state index in [4.69, 9.17) is 21.1 Å². The van der Waals surface area contributed by atoms with Gasteiger partial charge in [0, 0.05) is 37.0 Å². The van der Waals surface area contributed by atoms with Gasteiger partial charge in [0.1, 0.15) is 26.9 Å². The minimum absolute atomic E-state index is 0. The predicted octanol–water partition coefficient (Wildman–Crippen LogP) is 4.69. The predicted molar refractivity (Wildman–Crippen MR) is 152 cm³/mol. The molecule has 2 atom stereocenters. The molecule has 198 valence electrons. The third-order valence-electron chi connectivity index (χ3n) is 7.11. The summed E-state index contributed by atoms with van der Waals surface area (Å²) in [6, 6.07) is 9.50. The molecule has 6 rings (SSSR count). The minimum Gasteiger partial charge on any atom is -0.496 e. The van der Waals surface area contributed by atoms with E-state index in [1.807, 2.05) is 24.3 Å². The maximum Gasteiger partial charge on any atom is 0.328 e. The molecule has 8 nitrogen and oxygen atoms in total. The van der Waals surface area contributed by atoms with Crippen LogP contribution in [-0.2, 0) is 6.54 Å². The summed E-state index contributed by atoms with van der Waals surface area (Å²) >= 11 is 7.34. The molecule has 0 aliphatic carbocycles. The summed E-state index contributed by atoms with van der Waals surface area (Å²) in [4.78, 5) is 35.3. The number of rotatable bonds is 6. The lowest BCUT2D eigenvalue weighted by atomic mass is 9.86. The molecule has 0 amide bonds. The number of pyridine rings is 1. The van der Waals surface area contributed by atoms with Crippen molar-refractivity contribution < 1.29 is 9.47 Å². The average molecular weight is 586 g/mol. The second-order valence-corrected chi connectivity index (χ2v) is 10.6. The Morgan fingerprint density at radius 2 is 1.97 bits per heavy atom. The Kier molecular flexibility index (Phi) is 8.40. The van der Waals surface area contributed by atoms with E-state index < -0.39 is 5.69 Å². The second kappa shape index (κ2) is 11.2. The van der Waals surface area contributed by atoms with Crippen molar-refractivity contribution in [3.8, 4) is 11.5 Å². The Hall–Kier alpha value is -2.30. The van der Waals surface area contributed by atoms with E-state index >= 15 is 0 Å². The number of unbranched alkanes of at least 4 members (excludes halogenated alkanes) is 1. The lowest BCUT2D eigenvalue weighted by Crippen LogP contribution is -2.34. The van der Waals surface area contributed by atoms with Crippen molar-refractivity contribution in [2.75, 3.05) is 33.4 Å². The van der Waals surface area contributed by atoms with E-state index in [9.17, 15) is 9.59 Å². The minimum atomic E-state index is -0.406. The smallest absolute Gasteiger partial charge is 0.328 e. The van der Waals surface area contributed by atoms with Gasteiger partial charge >= 0.3 is 5.69 Å². The SMILES string of the molecule is COc1cccc2c1[C@@H]1CN(CCCCn3c(=O)[nH]c4c(sc5ccc(Cl)nc54)c3=O)C[C@H]1CO2.Cl.Cl. The molecule has 1 saturated heterocycles. The Bertz CT molecular complexity index is 1540. The molecular formula is C25H27Cl3N4O4S. The monoisotopic (exact) mass is 584 g/mol. The van der Waals surface area contributed by atoms with Crippen LogP contribution in [-0.4, -0.2) is 52.8 Å². The number of fused-ring (bicyclic) bond motifs is 6. The number of likely N-dealkylation sites (tertiary alicyclic amines) is 1. The fourth-order valence-corrected chi connectivity index (χ4v) is 6.64. The highest BCUT2D eigenvalue weighted by atomic mass is 35.5. The number of nitrogens with zero attached hydrogens (tertiary/aromatic N) is 3. The van der Waals surface area contributed by atoms with Gasteiger partial charge in [0.2, 0.25) is 0 Å². The highest BCUT2D eigenvalue weighted by Gasteiger charge is 2.40. The average Bonchev–Trinajstić information content (AvgIpc) is 3.44. The van der Waals surface area contributed by atoms with Gasteiger partial charge in [-0.05, 0) is 43.7 Å². The number of nitrogens with one attached hydrogen (secondary N) is 1. The lowest BCUT2D eigenvalue weighted by molar-refractivity contribution is 0.209. The summed E-state index contributed by atoms with van der Waals surface area (Å²) in [5, 5.41) is 0.331. The third kappa shape index (κ3) is 4.95. The third-order valence-corrected chi connectivity index (χ3v) is 8.45. The Morgan fingerprint density at radius 1 is 1.16 bits per heavy atom. The van der Waals surface area contributed by atoms with Crippen LogP contribution in [0.4, 0.5) is 0 Å². The van der Waals surface area contributed by atoms with Crippen molar-refractivity contribution in [3.05, 3.63) is 61.9 Å². The van der Waals surface area contributed by atoms with Crippen LogP contribution in [0.3, 0.4) is 0 Å². The second-order valence-electron chi connectivity index (χ2n) is 9.19. The normalized spacial score (nSPS) is 18.5. The van der Waals surface area contributed by atoms with Crippen LogP contribution in [0.25, 0.3) is 20.4 Å². The lowest BCUT2D eigenvalue weighted by Gasteiger charge is -2.29. The van der Waals surface area contributed by atoms with Gasteiger partial charge in [-0.2, -0.15) is 0 Å². The van der Waals surface area contributed by atoms with Gasteiger partial charge in [0.25, 0.3) is 5.56 Å². The highest BCUT2D eigenvalue weighted by molar-refractivity contribution is 7.25. The standard InChI is InChI=1S/C25H25ClN4O4S.2ClH/c1-33-16-5-4-6-17-20(16)15-12-29(11-14(15)13-34-17)9-2-3-10-30-24(31)23-22(28-25(30)32)21-18(35-23)7-8-19(26)27-21;;/h4-8,14-15H,2-3,9-13H2,1H3,(H,28,32);2*1H/t14-,15+;;/m0../s1. The molecule has 2 aliphatic heterocycles. The van der Waals surface area contributed by atoms with E-state index in [1.165, 1.54) is 21.5 Å². The zero-order valence-corrected chi connectivity index (χ0v) is 23.3. The van der Waals surface area contributed by atoms with Crippen molar-refractivity contribution in [2.45, 2.75) is 25.3 Å². The molecule has 3 aromatic heterocycles. The van der Waals surface area contributed by atoms with Crippen molar-refractivity contribution in [3.63, 3.8) is 0 Å². The fourth-order valence-electron chi connectivity index (χ4n) is 5.45. The molecular weight excluding hydrogens is 559 g/mol. The molecule has 0 spiro atoms. The Labute approximate surface area is 234 Å². The summed E-state index contributed by atoms with van der Waals surface area (Å²) in [6.07, 6.45) is 1.64. The molecule has 1 aromatic carbocycles. The van der Waals surface area contributed by atoms with Crippen LogP contribution < -0.4 is 20.7 Å². The number of aromatic amines is 1. The first-order chi connectivity index (χ1) is 17.0. The molecule has 37 heavy (non-hydrogen) atoms. The van der Waals surface area contributed by atoms with Gasteiger partial charge in [-0.15, -0.1) is 36.2 Å². The van der Waals surface area contributed by atoms with E-state index in [2.05, 4.69) is 14.9 Å². The first kappa shape index (κ1) is 27.7. The van der Waals surface area contributed by atoms with Crippen molar-refractivity contribution >= 4 is 68.2 Å². The van der Waals surface area contributed by atoms with Gasteiger partial charge in [-0.3, -0.25) is 9.36 Å². The summed E-state index contributed by atoms with van der Waals surface area (Å²) < 4.78 is 14.3.